The maximum atomic E-state index is 12.4. The highest BCUT2D eigenvalue weighted by molar-refractivity contribution is 5.92. The van der Waals surface area contributed by atoms with Crippen molar-refractivity contribution in [3.05, 3.63) is 48.5 Å². The number of likely N-dealkylation sites (tertiary alicyclic amines) is 1. The van der Waals surface area contributed by atoms with Crippen LogP contribution in [-0.4, -0.2) is 58.5 Å². The maximum Gasteiger partial charge on any atom is 0.272 e. The quantitative estimate of drug-likeness (QED) is 0.843. The minimum Gasteiger partial charge on any atom is -0.335 e. The summed E-state index contributed by atoms with van der Waals surface area (Å²) in [7, 11) is 3.91. The summed E-state index contributed by atoms with van der Waals surface area (Å²) < 4.78 is 1.97. The third kappa shape index (κ3) is 2.32. The zero-order valence-electron chi connectivity index (χ0n) is 11.7. The van der Waals surface area contributed by atoms with Gasteiger partial charge in [0.15, 0.2) is 0 Å². The summed E-state index contributed by atoms with van der Waals surface area (Å²) >= 11 is 0. The molecule has 0 aliphatic carbocycles. The highest BCUT2D eigenvalue weighted by Crippen LogP contribution is 2.15. The molecule has 0 bridgehead atoms. The van der Waals surface area contributed by atoms with Crippen LogP contribution < -0.4 is 0 Å². The molecular formula is C15H18N4O. The highest BCUT2D eigenvalue weighted by atomic mass is 16.2. The average molecular weight is 270 g/mol. The van der Waals surface area contributed by atoms with E-state index in [-0.39, 0.29) is 5.91 Å². The lowest BCUT2D eigenvalue weighted by Gasteiger charge is -2.41. The topological polar surface area (TPSA) is 41.4 Å². The number of nitrogens with zero attached hydrogens (tertiary/aromatic N) is 4. The molecule has 3 heterocycles. The van der Waals surface area contributed by atoms with Crippen molar-refractivity contribution in [1.82, 2.24) is 19.4 Å². The van der Waals surface area contributed by atoms with E-state index in [9.17, 15) is 4.79 Å². The van der Waals surface area contributed by atoms with Crippen LogP contribution in [0, 0.1) is 0 Å². The molecule has 5 heteroatoms. The largest absolute Gasteiger partial charge is 0.335 e. The minimum atomic E-state index is -0.0166. The second-order valence-corrected chi connectivity index (χ2v) is 5.28. The van der Waals surface area contributed by atoms with Gasteiger partial charge in [-0.15, -0.1) is 0 Å². The van der Waals surface area contributed by atoms with E-state index in [2.05, 4.69) is 16.9 Å². The molecule has 0 atom stereocenters. The first-order valence-electron chi connectivity index (χ1n) is 6.70. The first kappa shape index (κ1) is 12.9. The van der Waals surface area contributed by atoms with Gasteiger partial charge in [0.2, 0.25) is 0 Å². The van der Waals surface area contributed by atoms with Gasteiger partial charge in [0, 0.05) is 44.4 Å². The van der Waals surface area contributed by atoms with Crippen molar-refractivity contribution in [2.75, 3.05) is 27.2 Å². The van der Waals surface area contributed by atoms with Gasteiger partial charge in [-0.05, 0) is 31.3 Å². The van der Waals surface area contributed by atoms with Crippen molar-refractivity contribution in [2.45, 2.75) is 6.04 Å². The zero-order chi connectivity index (χ0) is 14.1. The molecule has 0 radical (unpaired) electrons. The number of hydrogen-bond acceptors (Lipinski definition) is 3. The molecule has 0 N–H and O–H groups in total. The number of likely N-dealkylation sites (N-methyl/N-ethyl adjacent to an activating group) is 2. The van der Waals surface area contributed by atoms with Crippen LogP contribution in [-0.2, 0) is 0 Å². The maximum absolute atomic E-state index is 12.4. The lowest BCUT2D eigenvalue weighted by atomic mass is 10.1. The molecule has 0 saturated carbocycles. The Bertz CT molecular complexity index is 602. The normalized spacial score (nSPS) is 15.9. The molecule has 0 spiro atoms. The predicted molar refractivity (Wildman–Crippen MR) is 76.9 cm³/mol. The van der Waals surface area contributed by atoms with E-state index in [1.165, 1.54) is 0 Å². The van der Waals surface area contributed by atoms with Gasteiger partial charge in [-0.1, -0.05) is 0 Å². The molecule has 5 nitrogen and oxygen atoms in total. The number of pyridine rings is 1. The molecule has 3 rings (SSSR count). The minimum absolute atomic E-state index is 0.0166. The fraction of sp³-hybridized carbons (Fsp3) is 0.333. The molecule has 2 aromatic rings. The second kappa shape index (κ2) is 5.09. The van der Waals surface area contributed by atoms with Crippen LogP contribution in [0.3, 0.4) is 0 Å². The average Bonchev–Trinajstić information content (AvgIpc) is 2.97. The van der Waals surface area contributed by atoms with Gasteiger partial charge in [-0.25, -0.2) is 0 Å². The molecule has 2 aromatic heterocycles. The van der Waals surface area contributed by atoms with E-state index >= 15 is 0 Å². The monoisotopic (exact) mass is 270 g/mol. The molecule has 1 amide bonds. The summed E-state index contributed by atoms with van der Waals surface area (Å²) in [5.41, 5.74) is 1.45. The molecule has 1 aliphatic heterocycles. The van der Waals surface area contributed by atoms with Crippen LogP contribution in [0.5, 0.6) is 0 Å². The van der Waals surface area contributed by atoms with Crippen molar-refractivity contribution in [1.29, 1.82) is 0 Å². The van der Waals surface area contributed by atoms with Crippen LogP contribution in [0.25, 0.3) is 5.69 Å². The Hall–Kier alpha value is -2.14. The number of hydrogen-bond donors (Lipinski definition) is 0. The van der Waals surface area contributed by atoms with Crippen molar-refractivity contribution in [3.8, 4) is 5.69 Å². The predicted octanol–water partition coefficient (Wildman–Crippen LogP) is 1.26. The van der Waals surface area contributed by atoms with Gasteiger partial charge in [-0.2, -0.15) is 0 Å². The SMILES string of the molecule is CN1CC(N(C)C(=O)c2cc(-n3cccc3)ccn2)C1. The summed E-state index contributed by atoms with van der Waals surface area (Å²) in [4.78, 5) is 20.6. The molecular weight excluding hydrogens is 252 g/mol. The van der Waals surface area contributed by atoms with Crippen LogP contribution in [0.2, 0.25) is 0 Å². The van der Waals surface area contributed by atoms with Crippen LogP contribution in [0.1, 0.15) is 10.5 Å². The summed E-state index contributed by atoms with van der Waals surface area (Å²) in [6.07, 6.45) is 5.59. The van der Waals surface area contributed by atoms with E-state index in [0.29, 0.717) is 11.7 Å². The number of carbonyl (C=O) groups excluding carboxylic acids is 1. The first-order valence-corrected chi connectivity index (χ1v) is 6.70. The van der Waals surface area contributed by atoms with E-state index in [1.807, 2.05) is 48.3 Å². The number of rotatable bonds is 3. The summed E-state index contributed by atoms with van der Waals surface area (Å²) in [6, 6.07) is 7.94. The number of carbonyl (C=O) groups is 1. The zero-order valence-corrected chi connectivity index (χ0v) is 11.7. The van der Waals surface area contributed by atoms with Crippen molar-refractivity contribution in [3.63, 3.8) is 0 Å². The summed E-state index contributed by atoms with van der Waals surface area (Å²) in [5.74, 6) is -0.0166. The third-order valence-corrected chi connectivity index (χ3v) is 3.78. The molecule has 104 valence electrons. The molecule has 1 saturated heterocycles. The van der Waals surface area contributed by atoms with Crippen molar-refractivity contribution < 1.29 is 4.79 Å². The fourth-order valence-corrected chi connectivity index (χ4v) is 2.46. The number of amides is 1. The lowest BCUT2D eigenvalue weighted by Crippen LogP contribution is -2.58. The van der Waals surface area contributed by atoms with E-state index in [0.717, 1.165) is 18.8 Å². The highest BCUT2D eigenvalue weighted by Gasteiger charge is 2.30. The Morgan fingerprint density at radius 2 is 2.05 bits per heavy atom. The molecule has 1 fully saturated rings. The standard InChI is InChI=1S/C15H18N4O/c1-17-10-13(11-17)18(2)15(20)14-9-12(5-6-16-14)19-7-3-4-8-19/h3-9,13H,10-11H2,1-2H3. The van der Waals surface area contributed by atoms with Crippen molar-refractivity contribution in [2.24, 2.45) is 0 Å². The van der Waals surface area contributed by atoms with Crippen LogP contribution in [0.15, 0.2) is 42.9 Å². The van der Waals surface area contributed by atoms with Gasteiger partial charge < -0.3 is 14.4 Å². The fourth-order valence-electron chi connectivity index (χ4n) is 2.46. The summed E-state index contributed by atoms with van der Waals surface area (Å²) in [6.45, 7) is 1.86. The smallest absolute Gasteiger partial charge is 0.272 e. The number of aromatic nitrogens is 2. The van der Waals surface area contributed by atoms with Gasteiger partial charge in [0.1, 0.15) is 5.69 Å². The Labute approximate surface area is 118 Å². The molecule has 20 heavy (non-hydrogen) atoms. The van der Waals surface area contributed by atoms with Gasteiger partial charge >= 0.3 is 0 Å². The van der Waals surface area contributed by atoms with E-state index in [1.54, 1.807) is 11.1 Å². The lowest BCUT2D eigenvalue weighted by molar-refractivity contribution is 0.0455. The summed E-state index contributed by atoms with van der Waals surface area (Å²) in [5, 5.41) is 0. The molecule has 0 aromatic carbocycles. The Balaban J connectivity index is 1.80. The Morgan fingerprint density at radius 3 is 2.70 bits per heavy atom. The van der Waals surface area contributed by atoms with Gasteiger partial charge in [0.05, 0.1) is 6.04 Å². The Morgan fingerprint density at radius 1 is 1.35 bits per heavy atom. The second-order valence-electron chi connectivity index (χ2n) is 5.28. The van der Waals surface area contributed by atoms with Gasteiger partial charge in [-0.3, -0.25) is 9.78 Å². The Kier molecular flexibility index (Phi) is 3.28. The van der Waals surface area contributed by atoms with Crippen LogP contribution >= 0.6 is 0 Å². The van der Waals surface area contributed by atoms with E-state index < -0.39 is 0 Å². The van der Waals surface area contributed by atoms with Crippen molar-refractivity contribution >= 4 is 5.91 Å². The van der Waals surface area contributed by atoms with Crippen LogP contribution in [0.4, 0.5) is 0 Å². The first-order chi connectivity index (χ1) is 9.65. The van der Waals surface area contributed by atoms with E-state index in [4.69, 9.17) is 0 Å². The molecule has 0 unspecified atom stereocenters. The third-order valence-electron chi connectivity index (χ3n) is 3.78. The molecule has 1 aliphatic rings. The van der Waals surface area contributed by atoms with Gasteiger partial charge in [0.25, 0.3) is 5.91 Å².